The number of esters is 2. The van der Waals surface area contributed by atoms with Crippen LogP contribution in [0.4, 0.5) is 0 Å². The van der Waals surface area contributed by atoms with E-state index in [1.807, 2.05) is 37.3 Å². The molecule has 0 bridgehead atoms. The van der Waals surface area contributed by atoms with Gasteiger partial charge in [0.2, 0.25) is 5.60 Å². The predicted molar refractivity (Wildman–Crippen MR) is 160 cm³/mol. The first-order valence-corrected chi connectivity index (χ1v) is 13.3. The van der Waals surface area contributed by atoms with Crippen molar-refractivity contribution < 1.29 is 28.6 Å². The second kappa shape index (κ2) is 12.7. The van der Waals surface area contributed by atoms with E-state index in [0.29, 0.717) is 33.4 Å². The Hall–Kier alpha value is -4.68. The molecule has 0 atom stereocenters. The molecule has 0 heterocycles. The maximum atomic E-state index is 12.9. The van der Waals surface area contributed by atoms with Crippen LogP contribution in [0.2, 0.25) is 5.02 Å². The Kier molecular flexibility index (Phi) is 9.05. The van der Waals surface area contributed by atoms with Crippen molar-refractivity contribution in [1.29, 1.82) is 0 Å². The minimum atomic E-state index is -1.29. The summed E-state index contributed by atoms with van der Waals surface area (Å²) >= 11 is 5.90. The summed E-state index contributed by atoms with van der Waals surface area (Å²) in [5, 5.41) is 0.558. The lowest BCUT2D eigenvalue weighted by atomic mass is 10.0. The molecule has 0 saturated heterocycles. The molecule has 0 aromatic heterocycles. The number of benzene rings is 4. The molecule has 0 radical (unpaired) electrons. The summed E-state index contributed by atoms with van der Waals surface area (Å²) in [6, 6.07) is 25.9. The summed E-state index contributed by atoms with van der Waals surface area (Å²) < 4.78 is 16.7. The normalized spacial score (nSPS) is 11.2. The summed E-state index contributed by atoms with van der Waals surface area (Å²) in [7, 11) is 0. The average Bonchev–Trinajstić information content (AvgIpc) is 2.92. The number of hydrogen-bond donors (Lipinski definition) is 0. The number of halogens is 1. The van der Waals surface area contributed by atoms with Crippen LogP contribution in [0, 0.1) is 6.92 Å². The van der Waals surface area contributed by atoms with Crippen molar-refractivity contribution in [2.24, 2.45) is 0 Å². The molecule has 4 rings (SSSR count). The van der Waals surface area contributed by atoms with Crippen LogP contribution in [0.15, 0.2) is 91.0 Å². The van der Waals surface area contributed by atoms with Crippen LogP contribution in [0.5, 0.6) is 17.2 Å². The van der Waals surface area contributed by atoms with Crippen LogP contribution in [-0.2, 0) is 9.59 Å². The molecule has 7 heteroatoms. The molecular weight excluding hydrogens is 540 g/mol. The summed E-state index contributed by atoms with van der Waals surface area (Å²) in [6.07, 6.45) is 3.82. The summed E-state index contributed by atoms with van der Waals surface area (Å²) in [4.78, 5) is 36.9. The molecule has 0 aliphatic carbocycles. The van der Waals surface area contributed by atoms with Crippen molar-refractivity contribution in [3.63, 3.8) is 0 Å². The highest BCUT2D eigenvalue weighted by Gasteiger charge is 2.32. The number of aryl methyl sites for hydroxylation is 1. The molecule has 208 valence electrons. The quantitative estimate of drug-likeness (QED) is 0.0889. The highest BCUT2D eigenvalue weighted by Crippen LogP contribution is 2.24. The highest BCUT2D eigenvalue weighted by atomic mass is 35.5. The number of rotatable bonds is 9. The third kappa shape index (κ3) is 8.16. The average molecular weight is 569 g/mol. The van der Waals surface area contributed by atoms with Crippen molar-refractivity contribution in [2.75, 3.05) is 0 Å². The molecule has 0 spiro atoms. The monoisotopic (exact) mass is 568 g/mol. The molecule has 4 aromatic carbocycles. The lowest BCUT2D eigenvalue weighted by molar-refractivity contribution is -0.149. The number of carbonyl (C=O) groups excluding carboxylic acids is 3. The van der Waals surface area contributed by atoms with Gasteiger partial charge in [-0.25, -0.2) is 4.79 Å². The molecule has 0 N–H and O–H groups in total. The zero-order valence-corrected chi connectivity index (χ0v) is 23.9. The van der Waals surface area contributed by atoms with Crippen LogP contribution < -0.4 is 14.2 Å². The van der Waals surface area contributed by atoms with Crippen LogP contribution in [0.1, 0.15) is 53.4 Å². The first kappa shape index (κ1) is 29.3. The van der Waals surface area contributed by atoms with Crippen LogP contribution in [0.25, 0.3) is 12.2 Å². The van der Waals surface area contributed by atoms with E-state index in [-0.39, 0.29) is 11.8 Å². The number of ether oxygens (including phenoxy) is 3. The Morgan fingerprint density at radius 1 is 0.683 bits per heavy atom. The summed E-state index contributed by atoms with van der Waals surface area (Å²) in [6.45, 7) is 6.53. The Morgan fingerprint density at radius 2 is 1.24 bits per heavy atom. The van der Waals surface area contributed by atoms with E-state index in [2.05, 4.69) is 0 Å². The zero-order chi connectivity index (χ0) is 29.6. The Labute approximate surface area is 244 Å². The maximum absolute atomic E-state index is 12.9. The standard InChI is InChI=1S/C34H29ClO6/c1-22-19-25(21-31(20-22)39-23(2)36)6-5-24-7-15-29(16-8-24)40-33(38)34(3,4)41-30-17-11-27(12-18-30)32(37)26-9-13-28(35)14-10-26/h5-21H,1-4H3/b6-5+. The van der Waals surface area contributed by atoms with E-state index in [4.69, 9.17) is 25.8 Å². The van der Waals surface area contributed by atoms with Gasteiger partial charge < -0.3 is 14.2 Å². The van der Waals surface area contributed by atoms with Gasteiger partial charge in [-0.2, -0.15) is 0 Å². The maximum Gasteiger partial charge on any atom is 0.355 e. The number of hydrogen-bond acceptors (Lipinski definition) is 6. The fourth-order valence-corrected chi connectivity index (χ4v) is 4.07. The molecule has 0 aliphatic rings. The van der Waals surface area contributed by atoms with E-state index in [1.165, 1.54) is 6.92 Å². The largest absolute Gasteiger partial charge is 0.476 e. The molecule has 0 aliphatic heterocycles. The van der Waals surface area contributed by atoms with Crippen molar-refractivity contribution in [1.82, 2.24) is 0 Å². The molecule has 0 fully saturated rings. The van der Waals surface area contributed by atoms with Gasteiger partial charge in [-0.15, -0.1) is 0 Å². The lowest BCUT2D eigenvalue weighted by Gasteiger charge is -2.24. The minimum absolute atomic E-state index is 0.143. The third-order valence-corrected chi connectivity index (χ3v) is 6.23. The Bertz CT molecular complexity index is 1580. The fraction of sp³-hybridized carbons (Fsp3) is 0.147. The molecule has 41 heavy (non-hydrogen) atoms. The van der Waals surface area contributed by atoms with Crippen LogP contribution >= 0.6 is 11.6 Å². The van der Waals surface area contributed by atoms with E-state index in [9.17, 15) is 14.4 Å². The SMILES string of the molecule is CC(=O)Oc1cc(C)cc(/C=C/c2ccc(OC(=O)C(C)(C)Oc3ccc(C(=O)c4ccc(Cl)cc4)cc3)cc2)c1. The van der Waals surface area contributed by atoms with Gasteiger partial charge in [0.05, 0.1) is 0 Å². The topological polar surface area (TPSA) is 78.9 Å². The van der Waals surface area contributed by atoms with Gasteiger partial charge in [-0.05, 0) is 110 Å². The van der Waals surface area contributed by atoms with Crippen molar-refractivity contribution in [3.8, 4) is 17.2 Å². The van der Waals surface area contributed by atoms with E-state index in [1.54, 1.807) is 86.6 Å². The van der Waals surface area contributed by atoms with Gasteiger partial charge in [0.1, 0.15) is 17.2 Å². The summed E-state index contributed by atoms with van der Waals surface area (Å²) in [5.41, 5.74) is 2.48. The zero-order valence-electron chi connectivity index (χ0n) is 23.1. The highest BCUT2D eigenvalue weighted by molar-refractivity contribution is 6.30. The molecular formula is C34H29ClO6. The van der Waals surface area contributed by atoms with Crippen LogP contribution in [0.3, 0.4) is 0 Å². The molecule has 0 amide bonds. The van der Waals surface area contributed by atoms with E-state index in [0.717, 1.165) is 16.7 Å². The molecule has 0 saturated carbocycles. The van der Waals surface area contributed by atoms with Gasteiger partial charge in [-0.1, -0.05) is 42.0 Å². The molecule has 0 unspecified atom stereocenters. The van der Waals surface area contributed by atoms with Crippen molar-refractivity contribution in [2.45, 2.75) is 33.3 Å². The second-order valence-electron chi connectivity index (χ2n) is 9.94. The second-order valence-corrected chi connectivity index (χ2v) is 10.4. The van der Waals surface area contributed by atoms with Gasteiger partial charge in [0.25, 0.3) is 0 Å². The fourth-order valence-electron chi connectivity index (χ4n) is 3.95. The van der Waals surface area contributed by atoms with Gasteiger partial charge in [0.15, 0.2) is 5.78 Å². The smallest absolute Gasteiger partial charge is 0.355 e. The Morgan fingerprint density at radius 3 is 1.85 bits per heavy atom. The van der Waals surface area contributed by atoms with Crippen molar-refractivity contribution >= 4 is 41.5 Å². The van der Waals surface area contributed by atoms with Gasteiger partial charge in [-0.3, -0.25) is 9.59 Å². The van der Waals surface area contributed by atoms with Crippen molar-refractivity contribution in [3.05, 3.63) is 124 Å². The van der Waals surface area contributed by atoms with Gasteiger partial charge in [0, 0.05) is 23.1 Å². The number of carbonyl (C=O) groups is 3. The third-order valence-electron chi connectivity index (χ3n) is 5.98. The minimum Gasteiger partial charge on any atom is -0.476 e. The lowest BCUT2D eigenvalue weighted by Crippen LogP contribution is -2.41. The van der Waals surface area contributed by atoms with E-state index < -0.39 is 11.6 Å². The number of ketones is 1. The first-order chi connectivity index (χ1) is 19.5. The summed E-state index contributed by atoms with van der Waals surface area (Å²) in [5.74, 6) is 0.208. The van der Waals surface area contributed by atoms with E-state index >= 15 is 0 Å². The molecule has 4 aromatic rings. The first-order valence-electron chi connectivity index (χ1n) is 12.9. The predicted octanol–water partition coefficient (Wildman–Crippen LogP) is 7.74. The Balaban J connectivity index is 1.36. The van der Waals surface area contributed by atoms with Crippen LogP contribution in [-0.4, -0.2) is 23.3 Å². The molecule has 6 nitrogen and oxygen atoms in total. The van der Waals surface area contributed by atoms with Gasteiger partial charge >= 0.3 is 11.9 Å².